The van der Waals surface area contributed by atoms with Crippen molar-refractivity contribution in [2.45, 2.75) is 38.9 Å². The molecule has 10 heteroatoms. The third-order valence-electron chi connectivity index (χ3n) is 3.37. The van der Waals surface area contributed by atoms with Crippen LogP contribution in [0.15, 0.2) is 0 Å². The highest BCUT2D eigenvalue weighted by Gasteiger charge is 2.38. The van der Waals surface area contributed by atoms with E-state index in [1.807, 2.05) is 13.8 Å². The summed E-state index contributed by atoms with van der Waals surface area (Å²) in [5, 5.41) is 13.1. The Kier molecular flexibility index (Phi) is 9.34. The van der Waals surface area contributed by atoms with Gasteiger partial charge in [0.25, 0.3) is 0 Å². The number of hydrogen-bond acceptors (Lipinski definition) is 5. The summed E-state index contributed by atoms with van der Waals surface area (Å²) in [6.07, 6.45) is -3.42. The van der Waals surface area contributed by atoms with Gasteiger partial charge in [0.1, 0.15) is 6.04 Å². The standard InChI is InChI=1S/C12H22N2O3.C2HF3O2/c1-8(2)10(12(16)17-3)14-11(15)9-4-6-13-7-5-9;3-2(4,5)1(6)7/h8-10,13H,4-7H2,1-3H3,(H,14,15);(H,6,7). The summed E-state index contributed by atoms with van der Waals surface area (Å²) in [4.78, 5) is 32.4. The Bertz CT molecular complexity index is 435. The Morgan fingerprint density at radius 1 is 1.21 bits per heavy atom. The number of carbonyl (C=O) groups excluding carboxylic acids is 2. The monoisotopic (exact) mass is 356 g/mol. The molecule has 1 unspecified atom stereocenters. The van der Waals surface area contributed by atoms with Gasteiger partial charge in [0.2, 0.25) is 5.91 Å². The topological polar surface area (TPSA) is 105 Å². The smallest absolute Gasteiger partial charge is 0.475 e. The number of carboxylic acids is 1. The molecule has 3 N–H and O–H groups in total. The first-order valence-electron chi connectivity index (χ1n) is 7.39. The number of ether oxygens (including phenoxy) is 1. The minimum atomic E-state index is -5.08. The van der Waals surface area contributed by atoms with E-state index in [2.05, 4.69) is 10.6 Å². The van der Waals surface area contributed by atoms with E-state index in [-0.39, 0.29) is 23.7 Å². The summed E-state index contributed by atoms with van der Waals surface area (Å²) >= 11 is 0. The summed E-state index contributed by atoms with van der Waals surface area (Å²) in [5.41, 5.74) is 0. The summed E-state index contributed by atoms with van der Waals surface area (Å²) in [6, 6.07) is -0.539. The molecule has 0 saturated carbocycles. The second kappa shape index (κ2) is 10.1. The second-order valence-electron chi connectivity index (χ2n) is 5.58. The van der Waals surface area contributed by atoms with E-state index in [4.69, 9.17) is 14.6 Å². The number of hydrogen-bond donors (Lipinski definition) is 3. The van der Waals surface area contributed by atoms with Crippen molar-refractivity contribution in [2.75, 3.05) is 20.2 Å². The minimum absolute atomic E-state index is 0.0159. The van der Waals surface area contributed by atoms with E-state index in [9.17, 15) is 22.8 Å². The van der Waals surface area contributed by atoms with Crippen LogP contribution in [-0.4, -0.2) is 55.4 Å². The summed E-state index contributed by atoms with van der Waals surface area (Å²) in [5.74, 6) is -3.11. The molecule has 0 spiro atoms. The molecule has 0 aromatic rings. The van der Waals surface area contributed by atoms with Crippen LogP contribution in [0.3, 0.4) is 0 Å². The van der Waals surface area contributed by atoms with Gasteiger partial charge in [-0.25, -0.2) is 9.59 Å². The fraction of sp³-hybridized carbons (Fsp3) is 0.786. The van der Waals surface area contributed by atoms with Gasteiger partial charge in [-0.1, -0.05) is 13.8 Å². The Hall–Kier alpha value is -1.84. The average Bonchev–Trinajstić information content (AvgIpc) is 2.51. The van der Waals surface area contributed by atoms with E-state index in [0.717, 1.165) is 25.9 Å². The third kappa shape index (κ3) is 8.14. The van der Waals surface area contributed by atoms with E-state index < -0.39 is 18.2 Å². The van der Waals surface area contributed by atoms with Crippen molar-refractivity contribution in [3.8, 4) is 0 Å². The Labute approximate surface area is 137 Å². The molecular formula is C14H23F3N2O5. The van der Waals surface area contributed by atoms with Gasteiger partial charge < -0.3 is 20.5 Å². The lowest BCUT2D eigenvalue weighted by Gasteiger charge is -2.25. The van der Waals surface area contributed by atoms with E-state index in [0.29, 0.717) is 0 Å². The number of carbonyl (C=O) groups is 3. The lowest BCUT2D eigenvalue weighted by atomic mass is 9.95. The Morgan fingerprint density at radius 2 is 1.67 bits per heavy atom. The van der Waals surface area contributed by atoms with Gasteiger partial charge in [-0.3, -0.25) is 4.79 Å². The fourth-order valence-electron chi connectivity index (χ4n) is 1.98. The fourth-order valence-corrected chi connectivity index (χ4v) is 1.98. The average molecular weight is 356 g/mol. The van der Waals surface area contributed by atoms with Crippen molar-refractivity contribution in [3.05, 3.63) is 0 Å². The highest BCUT2D eigenvalue weighted by molar-refractivity contribution is 5.85. The number of rotatable bonds is 4. The van der Waals surface area contributed by atoms with Crippen molar-refractivity contribution in [3.63, 3.8) is 0 Å². The van der Waals surface area contributed by atoms with Crippen LogP contribution >= 0.6 is 0 Å². The molecule has 1 aliphatic heterocycles. The molecule has 1 atom stereocenters. The maximum atomic E-state index is 12.0. The second-order valence-corrected chi connectivity index (χ2v) is 5.58. The van der Waals surface area contributed by atoms with Gasteiger partial charge in [0.15, 0.2) is 0 Å². The van der Waals surface area contributed by atoms with Crippen LogP contribution in [0.2, 0.25) is 0 Å². The first-order valence-corrected chi connectivity index (χ1v) is 7.39. The van der Waals surface area contributed by atoms with Crippen LogP contribution in [-0.2, 0) is 19.1 Å². The number of halogens is 3. The van der Waals surface area contributed by atoms with Crippen molar-refractivity contribution < 1.29 is 37.4 Å². The zero-order valence-corrected chi connectivity index (χ0v) is 13.8. The SMILES string of the molecule is COC(=O)C(NC(=O)C1CCNCC1)C(C)C.O=C(O)C(F)(F)F. The van der Waals surface area contributed by atoms with Gasteiger partial charge in [-0.15, -0.1) is 0 Å². The Morgan fingerprint density at radius 3 is 2.00 bits per heavy atom. The van der Waals surface area contributed by atoms with Gasteiger partial charge >= 0.3 is 18.1 Å². The van der Waals surface area contributed by atoms with E-state index >= 15 is 0 Å². The minimum Gasteiger partial charge on any atom is -0.475 e. The number of piperidine rings is 1. The Balaban J connectivity index is 0.000000640. The van der Waals surface area contributed by atoms with Crippen molar-refractivity contribution in [1.29, 1.82) is 0 Å². The number of esters is 1. The van der Waals surface area contributed by atoms with Gasteiger partial charge in [-0.2, -0.15) is 13.2 Å². The molecule has 0 aliphatic carbocycles. The molecule has 0 bridgehead atoms. The van der Waals surface area contributed by atoms with Gasteiger partial charge in [0, 0.05) is 5.92 Å². The molecule has 1 aliphatic rings. The molecule has 0 radical (unpaired) electrons. The molecule has 140 valence electrons. The number of aliphatic carboxylic acids is 1. The normalized spacial score (nSPS) is 16.6. The lowest BCUT2D eigenvalue weighted by Crippen LogP contribution is -2.48. The quantitative estimate of drug-likeness (QED) is 0.648. The van der Waals surface area contributed by atoms with Gasteiger partial charge in [-0.05, 0) is 31.8 Å². The summed E-state index contributed by atoms with van der Waals surface area (Å²) in [6.45, 7) is 5.51. The molecular weight excluding hydrogens is 333 g/mol. The number of carboxylic acid groups (broad SMARTS) is 1. The highest BCUT2D eigenvalue weighted by atomic mass is 19.4. The maximum Gasteiger partial charge on any atom is 0.490 e. The molecule has 0 aromatic heterocycles. The summed E-state index contributed by atoms with van der Waals surface area (Å²) in [7, 11) is 1.34. The number of methoxy groups -OCH3 is 1. The largest absolute Gasteiger partial charge is 0.490 e. The number of alkyl halides is 3. The highest BCUT2D eigenvalue weighted by Crippen LogP contribution is 2.14. The van der Waals surface area contributed by atoms with E-state index in [1.54, 1.807) is 0 Å². The maximum absolute atomic E-state index is 12.0. The van der Waals surface area contributed by atoms with E-state index in [1.165, 1.54) is 7.11 Å². The molecule has 7 nitrogen and oxygen atoms in total. The van der Waals surface area contributed by atoms with Crippen LogP contribution in [0.1, 0.15) is 26.7 Å². The van der Waals surface area contributed by atoms with Crippen LogP contribution in [0, 0.1) is 11.8 Å². The first kappa shape index (κ1) is 22.2. The molecule has 1 fully saturated rings. The zero-order chi connectivity index (χ0) is 18.9. The lowest BCUT2D eigenvalue weighted by molar-refractivity contribution is -0.192. The van der Waals surface area contributed by atoms with Gasteiger partial charge in [0.05, 0.1) is 7.11 Å². The molecule has 1 saturated heterocycles. The van der Waals surface area contributed by atoms with Crippen molar-refractivity contribution >= 4 is 17.8 Å². The molecule has 1 rings (SSSR count). The third-order valence-corrected chi connectivity index (χ3v) is 3.37. The molecule has 1 amide bonds. The number of amides is 1. The molecule has 1 heterocycles. The first-order chi connectivity index (χ1) is 11.0. The predicted octanol–water partition coefficient (Wildman–Crippen LogP) is 0.933. The van der Waals surface area contributed by atoms with Crippen molar-refractivity contribution in [1.82, 2.24) is 10.6 Å². The van der Waals surface area contributed by atoms with Crippen LogP contribution < -0.4 is 10.6 Å². The molecule has 0 aromatic carbocycles. The molecule has 24 heavy (non-hydrogen) atoms. The van der Waals surface area contributed by atoms with Crippen molar-refractivity contribution in [2.24, 2.45) is 11.8 Å². The van der Waals surface area contributed by atoms with Crippen LogP contribution in [0.25, 0.3) is 0 Å². The number of nitrogens with one attached hydrogen (secondary N) is 2. The van der Waals surface area contributed by atoms with Crippen LogP contribution in [0.4, 0.5) is 13.2 Å². The van der Waals surface area contributed by atoms with Crippen LogP contribution in [0.5, 0.6) is 0 Å². The summed E-state index contributed by atoms with van der Waals surface area (Å²) < 4.78 is 36.4. The zero-order valence-electron chi connectivity index (χ0n) is 13.8. The predicted molar refractivity (Wildman–Crippen MR) is 78.1 cm³/mol.